The Morgan fingerprint density at radius 2 is 1.88 bits per heavy atom. The molecule has 2 N–H and O–H groups in total. The highest BCUT2D eigenvalue weighted by Crippen LogP contribution is 2.41. The van der Waals surface area contributed by atoms with Gasteiger partial charge in [-0.2, -0.15) is 0 Å². The van der Waals surface area contributed by atoms with Crippen LogP contribution < -0.4 is 10.6 Å². The van der Waals surface area contributed by atoms with Crippen LogP contribution in [0.2, 0.25) is 0 Å². The molecule has 2 rings (SSSR count). The van der Waals surface area contributed by atoms with Crippen LogP contribution in [0.15, 0.2) is 48.4 Å². The molecule has 0 aliphatic heterocycles. The standard InChI is InChI=1S/C27H38N2O3S/c1-3-4-9-20-33-21-23(25(31)28-18-19-30)10-5-8-17-29-26(32)27(15-6-7-16-27)24-13-11-22(2)12-14-24/h3,9,11-14,19-20,23H,1,4-8,10,15-18,21H2,2H3,(H,28,31)(H,29,32)/b20-9-. The van der Waals surface area contributed by atoms with Gasteiger partial charge in [0.2, 0.25) is 11.8 Å². The third-order valence-electron chi connectivity index (χ3n) is 6.28. The number of aldehydes is 1. The molecule has 1 fully saturated rings. The van der Waals surface area contributed by atoms with Crippen molar-refractivity contribution in [3.63, 3.8) is 0 Å². The van der Waals surface area contributed by atoms with E-state index in [1.165, 1.54) is 5.56 Å². The van der Waals surface area contributed by atoms with E-state index in [4.69, 9.17) is 0 Å². The van der Waals surface area contributed by atoms with E-state index in [0.29, 0.717) is 18.6 Å². The highest BCUT2D eigenvalue weighted by molar-refractivity contribution is 8.02. The van der Waals surface area contributed by atoms with Gasteiger partial charge < -0.3 is 15.4 Å². The van der Waals surface area contributed by atoms with Crippen LogP contribution in [-0.2, 0) is 19.8 Å². The second-order valence-electron chi connectivity index (χ2n) is 8.75. The quantitative estimate of drug-likeness (QED) is 0.218. The summed E-state index contributed by atoms with van der Waals surface area (Å²) in [5.74, 6) is 0.557. The first-order valence-corrected chi connectivity index (χ1v) is 13.0. The van der Waals surface area contributed by atoms with Gasteiger partial charge >= 0.3 is 0 Å². The molecule has 1 unspecified atom stereocenters. The molecular weight excluding hydrogens is 432 g/mol. The third kappa shape index (κ3) is 8.50. The fourth-order valence-electron chi connectivity index (χ4n) is 4.35. The maximum atomic E-state index is 13.2. The van der Waals surface area contributed by atoms with Gasteiger partial charge in [-0.15, -0.1) is 18.3 Å². The van der Waals surface area contributed by atoms with Crippen molar-refractivity contribution in [3.8, 4) is 0 Å². The molecule has 0 bridgehead atoms. The molecule has 1 aromatic rings. The first-order chi connectivity index (χ1) is 16.0. The Morgan fingerprint density at radius 3 is 2.55 bits per heavy atom. The van der Waals surface area contributed by atoms with Crippen molar-refractivity contribution in [3.05, 3.63) is 59.5 Å². The number of benzene rings is 1. The predicted octanol–water partition coefficient (Wildman–Crippen LogP) is 4.85. The summed E-state index contributed by atoms with van der Waals surface area (Å²) in [6, 6.07) is 8.38. The highest BCUT2D eigenvalue weighted by Gasteiger charge is 2.42. The van der Waals surface area contributed by atoms with Crippen LogP contribution >= 0.6 is 11.8 Å². The number of hydrogen-bond donors (Lipinski definition) is 2. The van der Waals surface area contributed by atoms with Gasteiger partial charge in [-0.1, -0.05) is 61.2 Å². The molecule has 33 heavy (non-hydrogen) atoms. The van der Waals surface area contributed by atoms with Crippen molar-refractivity contribution in [2.75, 3.05) is 18.8 Å². The topological polar surface area (TPSA) is 75.3 Å². The van der Waals surface area contributed by atoms with Crippen LogP contribution in [-0.4, -0.2) is 36.9 Å². The predicted molar refractivity (Wildman–Crippen MR) is 137 cm³/mol. The number of rotatable bonds is 15. The molecule has 0 radical (unpaired) electrons. The van der Waals surface area contributed by atoms with Gasteiger partial charge in [0.15, 0.2) is 0 Å². The Morgan fingerprint density at radius 1 is 1.15 bits per heavy atom. The molecule has 2 amide bonds. The lowest BCUT2D eigenvalue weighted by Crippen LogP contribution is -2.43. The molecule has 1 atom stereocenters. The Labute approximate surface area is 202 Å². The summed E-state index contributed by atoms with van der Waals surface area (Å²) in [5, 5.41) is 7.84. The molecule has 180 valence electrons. The van der Waals surface area contributed by atoms with Gasteiger partial charge in [0.1, 0.15) is 6.29 Å². The average Bonchev–Trinajstić information content (AvgIpc) is 3.32. The van der Waals surface area contributed by atoms with E-state index in [0.717, 1.165) is 56.9 Å². The molecule has 0 aromatic heterocycles. The first kappa shape index (κ1) is 26.9. The zero-order valence-electron chi connectivity index (χ0n) is 19.8. The minimum absolute atomic E-state index is 0.0451. The highest BCUT2D eigenvalue weighted by atomic mass is 32.2. The molecule has 1 aromatic carbocycles. The van der Waals surface area contributed by atoms with Gasteiger partial charge in [-0.25, -0.2) is 0 Å². The molecule has 1 aliphatic rings. The summed E-state index contributed by atoms with van der Waals surface area (Å²) >= 11 is 1.60. The molecule has 0 saturated heterocycles. The average molecular weight is 471 g/mol. The van der Waals surface area contributed by atoms with Crippen molar-refractivity contribution in [2.24, 2.45) is 5.92 Å². The summed E-state index contributed by atoms with van der Waals surface area (Å²) in [4.78, 5) is 36.2. The zero-order valence-corrected chi connectivity index (χ0v) is 20.6. The number of aryl methyl sites for hydroxylation is 1. The Balaban J connectivity index is 1.82. The lowest BCUT2D eigenvalue weighted by molar-refractivity contribution is -0.127. The fourth-order valence-corrected chi connectivity index (χ4v) is 5.26. The van der Waals surface area contributed by atoms with Crippen LogP contribution in [0, 0.1) is 12.8 Å². The normalized spacial score (nSPS) is 15.8. The summed E-state index contributed by atoms with van der Waals surface area (Å²) in [5.41, 5.74) is 1.92. The summed E-state index contributed by atoms with van der Waals surface area (Å²) < 4.78 is 0. The van der Waals surface area contributed by atoms with Gasteiger partial charge in [-0.05, 0) is 50.0 Å². The SMILES string of the molecule is C=CC/C=C\SCC(CCCCNC(=O)C1(c2ccc(C)cc2)CCCC1)C(=O)NCC=O. The monoisotopic (exact) mass is 470 g/mol. The van der Waals surface area contributed by atoms with E-state index in [2.05, 4.69) is 48.4 Å². The maximum absolute atomic E-state index is 13.2. The molecule has 0 heterocycles. The van der Waals surface area contributed by atoms with Crippen LogP contribution in [0.3, 0.4) is 0 Å². The van der Waals surface area contributed by atoms with Crippen molar-refractivity contribution in [1.29, 1.82) is 0 Å². The molecule has 1 saturated carbocycles. The lowest BCUT2D eigenvalue weighted by Gasteiger charge is -2.28. The van der Waals surface area contributed by atoms with E-state index in [1.807, 2.05) is 17.6 Å². The van der Waals surface area contributed by atoms with Crippen LogP contribution in [0.5, 0.6) is 0 Å². The third-order valence-corrected chi connectivity index (χ3v) is 7.26. The number of unbranched alkanes of at least 4 members (excludes halogenated alkanes) is 1. The molecule has 5 nitrogen and oxygen atoms in total. The van der Waals surface area contributed by atoms with Crippen LogP contribution in [0.4, 0.5) is 0 Å². The summed E-state index contributed by atoms with van der Waals surface area (Å²) in [6.07, 6.45) is 11.7. The van der Waals surface area contributed by atoms with E-state index >= 15 is 0 Å². The second-order valence-corrected chi connectivity index (χ2v) is 9.68. The van der Waals surface area contributed by atoms with Crippen molar-refractivity contribution in [2.45, 2.75) is 63.7 Å². The van der Waals surface area contributed by atoms with E-state index < -0.39 is 5.41 Å². The minimum Gasteiger partial charge on any atom is -0.355 e. The van der Waals surface area contributed by atoms with Gasteiger partial charge in [0.05, 0.1) is 12.0 Å². The number of nitrogens with one attached hydrogen (secondary N) is 2. The largest absolute Gasteiger partial charge is 0.355 e. The van der Waals surface area contributed by atoms with E-state index in [9.17, 15) is 14.4 Å². The molecule has 6 heteroatoms. The van der Waals surface area contributed by atoms with Crippen molar-refractivity contribution in [1.82, 2.24) is 10.6 Å². The summed E-state index contributed by atoms with van der Waals surface area (Å²) in [6.45, 7) is 6.41. The lowest BCUT2D eigenvalue weighted by atomic mass is 9.77. The van der Waals surface area contributed by atoms with E-state index in [-0.39, 0.29) is 24.3 Å². The molecule has 1 aliphatic carbocycles. The van der Waals surface area contributed by atoms with E-state index in [1.54, 1.807) is 11.8 Å². The number of carbonyl (C=O) groups excluding carboxylic acids is 3. The second kappa shape index (κ2) is 14.7. The number of hydrogen-bond acceptors (Lipinski definition) is 4. The van der Waals surface area contributed by atoms with Crippen molar-refractivity contribution < 1.29 is 14.4 Å². The van der Waals surface area contributed by atoms with Gasteiger partial charge in [0.25, 0.3) is 0 Å². The van der Waals surface area contributed by atoms with Gasteiger partial charge in [0, 0.05) is 18.2 Å². The Hall–Kier alpha value is -2.34. The number of carbonyl (C=O) groups is 3. The van der Waals surface area contributed by atoms with Crippen LogP contribution in [0.25, 0.3) is 0 Å². The number of amides is 2. The molecular formula is C27H38N2O3S. The maximum Gasteiger partial charge on any atom is 0.230 e. The smallest absolute Gasteiger partial charge is 0.230 e. The number of allylic oxidation sites excluding steroid dienone is 2. The Kier molecular flexibility index (Phi) is 12.0. The molecule has 0 spiro atoms. The first-order valence-electron chi connectivity index (χ1n) is 12.0. The summed E-state index contributed by atoms with van der Waals surface area (Å²) in [7, 11) is 0. The Bertz CT molecular complexity index is 798. The van der Waals surface area contributed by atoms with Crippen molar-refractivity contribution >= 4 is 29.9 Å². The van der Waals surface area contributed by atoms with Crippen LogP contribution in [0.1, 0.15) is 62.5 Å². The minimum atomic E-state index is -0.403. The van der Waals surface area contributed by atoms with Gasteiger partial charge in [-0.3, -0.25) is 9.59 Å². The zero-order chi connectivity index (χ0) is 23.9. The fraction of sp³-hybridized carbons (Fsp3) is 0.519. The number of thioether (sulfide) groups is 1.